The molecule has 0 aromatic heterocycles. The summed E-state index contributed by atoms with van der Waals surface area (Å²) in [5.74, 6) is 0. The largest absolute Gasteiger partial charge is 0.488 e. The second-order valence-electron chi connectivity index (χ2n) is 4.46. The molecule has 1 aromatic rings. The van der Waals surface area contributed by atoms with Gasteiger partial charge >= 0.3 is 7.12 Å². The summed E-state index contributed by atoms with van der Waals surface area (Å²) in [6.45, 7) is 6.00. The number of benzene rings is 1. The monoisotopic (exact) mass is 299 g/mol. The van der Waals surface area contributed by atoms with Crippen LogP contribution < -0.4 is 5.46 Å². The molecule has 0 atom stereocenters. The van der Waals surface area contributed by atoms with Gasteiger partial charge in [0.05, 0.1) is 13.2 Å². The van der Waals surface area contributed by atoms with Crippen molar-refractivity contribution in [2.45, 2.75) is 13.5 Å². The molecular weight excluding hydrogens is 280 g/mol. The summed E-state index contributed by atoms with van der Waals surface area (Å²) in [7, 11) is 1.16. The van der Waals surface area contributed by atoms with Gasteiger partial charge in [0.25, 0.3) is 0 Å². The Hall–Kier alpha value is -0.355. The highest BCUT2D eigenvalue weighted by Gasteiger charge is 2.18. The zero-order valence-electron chi connectivity index (χ0n) is 11.0. The third kappa shape index (κ3) is 5.26. The molecule has 1 saturated heterocycles. The summed E-state index contributed by atoms with van der Waals surface area (Å²) < 4.78 is 5.29. The van der Waals surface area contributed by atoms with Crippen LogP contribution in [0.25, 0.3) is 0 Å². The van der Waals surface area contributed by atoms with Crippen LogP contribution in [0.1, 0.15) is 11.1 Å². The highest BCUT2D eigenvalue weighted by molar-refractivity contribution is 7.88. The molecule has 1 fully saturated rings. The maximum absolute atomic E-state index is 9.37. The third-order valence-electron chi connectivity index (χ3n) is 3.08. The van der Waals surface area contributed by atoms with Crippen LogP contribution >= 0.6 is 8.02 Å². The first-order chi connectivity index (χ1) is 9.16. The Morgan fingerprint density at radius 2 is 1.95 bits per heavy atom. The molecule has 0 amide bonds. The van der Waals surface area contributed by atoms with Gasteiger partial charge in [-0.25, -0.2) is 0 Å². The van der Waals surface area contributed by atoms with Crippen LogP contribution in [0.15, 0.2) is 18.2 Å². The Morgan fingerprint density at radius 1 is 1.32 bits per heavy atom. The van der Waals surface area contributed by atoms with Gasteiger partial charge in [-0.2, -0.15) is 0 Å². The van der Waals surface area contributed by atoms with E-state index >= 15 is 0 Å². The quantitative estimate of drug-likeness (QED) is 0.612. The van der Waals surface area contributed by atoms with Crippen LogP contribution in [0.3, 0.4) is 0 Å². The maximum Gasteiger partial charge on any atom is 0.488 e. The topological polar surface area (TPSA) is 52.9 Å². The number of rotatable bonds is 3. The molecule has 0 saturated carbocycles. The summed E-state index contributed by atoms with van der Waals surface area (Å²) in [5, 5.41) is 18.7. The van der Waals surface area contributed by atoms with Crippen LogP contribution in [0.2, 0.25) is 0 Å². The Bertz CT molecular complexity index is 403. The average Bonchev–Trinajstić information content (AvgIpc) is 2.44. The molecule has 7 heteroatoms. The highest BCUT2D eigenvalue weighted by atomic mass is 32.4. The summed E-state index contributed by atoms with van der Waals surface area (Å²) >= 11 is 3.89. The molecule has 104 valence electrons. The van der Waals surface area contributed by atoms with E-state index in [0.717, 1.165) is 44.0 Å². The second kappa shape index (κ2) is 8.74. The van der Waals surface area contributed by atoms with Crippen LogP contribution in [-0.2, 0) is 23.1 Å². The van der Waals surface area contributed by atoms with Crippen LogP contribution in [0.4, 0.5) is 0 Å². The van der Waals surface area contributed by atoms with Gasteiger partial charge in [-0.1, -0.05) is 35.6 Å². The van der Waals surface area contributed by atoms with Gasteiger partial charge in [-0.05, 0) is 26.0 Å². The minimum absolute atomic E-state index is 0.608. The van der Waals surface area contributed by atoms with E-state index < -0.39 is 7.12 Å². The van der Waals surface area contributed by atoms with Gasteiger partial charge in [0.2, 0.25) is 0 Å². The molecule has 0 spiro atoms. The van der Waals surface area contributed by atoms with Crippen molar-refractivity contribution in [1.82, 2.24) is 4.90 Å². The van der Waals surface area contributed by atoms with Crippen molar-refractivity contribution in [1.29, 1.82) is 0 Å². The van der Waals surface area contributed by atoms with Gasteiger partial charge in [-0.15, -0.1) is 0 Å². The van der Waals surface area contributed by atoms with Crippen molar-refractivity contribution in [3.05, 3.63) is 29.3 Å². The number of hydrogen-bond acceptors (Lipinski definition) is 5. The SMILES string of the molecule is Cc1ccc(CN2CCOCC2)c(B(O)O)c1.P=S. The van der Waals surface area contributed by atoms with Crippen molar-refractivity contribution in [2.24, 2.45) is 0 Å². The Morgan fingerprint density at radius 3 is 2.53 bits per heavy atom. The van der Waals surface area contributed by atoms with E-state index in [0.29, 0.717) is 5.46 Å². The van der Waals surface area contributed by atoms with E-state index in [9.17, 15) is 10.0 Å². The highest BCUT2D eigenvalue weighted by Crippen LogP contribution is 2.07. The summed E-state index contributed by atoms with van der Waals surface area (Å²) in [6.07, 6.45) is 0. The smallest absolute Gasteiger partial charge is 0.423 e. The number of nitrogens with zero attached hydrogens (tertiary/aromatic N) is 1. The van der Waals surface area contributed by atoms with Gasteiger partial charge in [0.1, 0.15) is 0 Å². The van der Waals surface area contributed by atoms with Gasteiger partial charge in [0.15, 0.2) is 0 Å². The molecule has 0 radical (unpaired) electrons. The van der Waals surface area contributed by atoms with Crippen LogP contribution in [0, 0.1) is 6.92 Å². The van der Waals surface area contributed by atoms with E-state index in [2.05, 4.69) is 24.7 Å². The lowest BCUT2D eigenvalue weighted by molar-refractivity contribution is 0.0343. The summed E-state index contributed by atoms with van der Waals surface area (Å²) in [4.78, 5) is 2.26. The molecule has 4 nitrogen and oxygen atoms in total. The number of morpholine rings is 1. The summed E-state index contributed by atoms with van der Waals surface area (Å²) in [6, 6.07) is 5.81. The van der Waals surface area contributed by atoms with Gasteiger partial charge in [-0.3, -0.25) is 4.90 Å². The lowest BCUT2D eigenvalue weighted by atomic mass is 9.76. The van der Waals surface area contributed by atoms with Crippen LogP contribution in [0.5, 0.6) is 0 Å². The first kappa shape index (κ1) is 16.7. The fourth-order valence-electron chi connectivity index (χ4n) is 2.10. The predicted molar refractivity (Wildman–Crippen MR) is 82.8 cm³/mol. The predicted octanol–water partition coefficient (Wildman–Crippen LogP) is 0.0981. The van der Waals surface area contributed by atoms with E-state index in [1.54, 1.807) is 0 Å². The summed E-state index contributed by atoms with van der Waals surface area (Å²) in [5.41, 5.74) is 2.63. The lowest BCUT2D eigenvalue weighted by Crippen LogP contribution is -2.40. The minimum atomic E-state index is -1.40. The van der Waals surface area contributed by atoms with Crippen molar-refractivity contribution >= 4 is 32.4 Å². The normalized spacial score (nSPS) is 15.5. The second-order valence-corrected chi connectivity index (χ2v) is 4.46. The Balaban J connectivity index is 0.000000861. The fourth-order valence-corrected chi connectivity index (χ4v) is 2.10. The first-order valence-corrected chi connectivity index (χ1v) is 7.76. The van der Waals surface area contributed by atoms with Crippen molar-refractivity contribution in [2.75, 3.05) is 26.3 Å². The van der Waals surface area contributed by atoms with Crippen LogP contribution in [-0.4, -0.2) is 48.4 Å². The molecule has 1 aliphatic heterocycles. The molecule has 0 bridgehead atoms. The molecule has 19 heavy (non-hydrogen) atoms. The zero-order chi connectivity index (χ0) is 14.3. The van der Waals surface area contributed by atoms with Crippen molar-refractivity contribution < 1.29 is 14.8 Å². The van der Waals surface area contributed by atoms with Crippen molar-refractivity contribution in [3.8, 4) is 0 Å². The fraction of sp³-hybridized carbons (Fsp3) is 0.500. The Labute approximate surface area is 121 Å². The molecule has 0 unspecified atom stereocenters. The van der Waals surface area contributed by atoms with E-state index in [-0.39, 0.29) is 0 Å². The van der Waals surface area contributed by atoms with Gasteiger partial charge < -0.3 is 14.8 Å². The van der Waals surface area contributed by atoms with E-state index in [1.807, 2.05) is 25.1 Å². The standard InChI is InChI=1S/C12H18BNO3.HPS/c1-10-2-3-11(12(8-10)13(15)16)9-14-4-6-17-7-5-14;1-2/h2-3,8,15-16H,4-7,9H2,1H3;1H. The maximum atomic E-state index is 9.37. The molecule has 2 N–H and O–H groups in total. The average molecular weight is 299 g/mol. The lowest BCUT2D eigenvalue weighted by Gasteiger charge is -2.27. The molecule has 1 aromatic carbocycles. The van der Waals surface area contributed by atoms with E-state index in [1.165, 1.54) is 0 Å². The first-order valence-electron chi connectivity index (χ1n) is 6.13. The molecule has 2 rings (SSSR count). The molecule has 1 aliphatic rings. The Kier molecular flexibility index (Phi) is 7.68. The molecule has 0 aliphatic carbocycles. The number of ether oxygens (including phenoxy) is 1. The zero-order valence-corrected chi connectivity index (χ0v) is 12.8. The number of hydrogen-bond donors (Lipinski definition) is 2. The number of aryl methyl sites for hydroxylation is 1. The third-order valence-corrected chi connectivity index (χ3v) is 3.08. The minimum Gasteiger partial charge on any atom is -0.423 e. The van der Waals surface area contributed by atoms with E-state index in [4.69, 9.17) is 4.74 Å². The molecule has 1 heterocycles. The molecular formula is C12H19BNO3PS. The van der Waals surface area contributed by atoms with Gasteiger partial charge in [0, 0.05) is 19.6 Å². The van der Waals surface area contributed by atoms with Crippen molar-refractivity contribution in [3.63, 3.8) is 0 Å².